The molecule has 0 atom stereocenters. The van der Waals surface area contributed by atoms with Gasteiger partial charge in [0, 0.05) is 18.2 Å². The van der Waals surface area contributed by atoms with Crippen molar-refractivity contribution < 1.29 is 19.0 Å². The Morgan fingerprint density at radius 2 is 1.62 bits per heavy atom. The summed E-state index contributed by atoms with van der Waals surface area (Å²) >= 11 is 0. The number of methoxy groups -OCH3 is 2. The lowest BCUT2D eigenvalue weighted by molar-refractivity contribution is 0.155. The van der Waals surface area contributed by atoms with Gasteiger partial charge in [0.05, 0.1) is 19.9 Å². The number of rotatable bonds is 5. The second kappa shape index (κ2) is 7.19. The molecule has 21 heavy (non-hydrogen) atoms. The van der Waals surface area contributed by atoms with Gasteiger partial charge in [0.25, 0.3) is 0 Å². The van der Waals surface area contributed by atoms with Crippen molar-refractivity contribution in [2.24, 2.45) is 0 Å². The highest BCUT2D eigenvalue weighted by atomic mass is 16.5. The van der Waals surface area contributed by atoms with E-state index in [1.165, 1.54) is 0 Å². The third kappa shape index (κ3) is 4.42. The molecule has 2 aromatic carbocycles. The fourth-order valence-electron chi connectivity index (χ4n) is 1.76. The summed E-state index contributed by atoms with van der Waals surface area (Å²) in [6, 6.07) is 14.6. The largest absolute Gasteiger partial charge is 0.497 e. The van der Waals surface area contributed by atoms with Crippen LogP contribution in [-0.2, 0) is 11.3 Å². The first kappa shape index (κ1) is 14.7. The number of amides is 1. The Labute approximate surface area is 123 Å². The molecule has 110 valence electrons. The van der Waals surface area contributed by atoms with Gasteiger partial charge in [-0.15, -0.1) is 0 Å². The predicted molar refractivity (Wildman–Crippen MR) is 79.8 cm³/mol. The van der Waals surface area contributed by atoms with Crippen LogP contribution in [0.4, 0.5) is 10.5 Å². The smallest absolute Gasteiger partial charge is 0.411 e. The molecule has 0 aliphatic rings. The summed E-state index contributed by atoms with van der Waals surface area (Å²) in [7, 11) is 3.10. The summed E-state index contributed by atoms with van der Waals surface area (Å²) in [6.07, 6.45) is -0.533. The molecule has 0 fully saturated rings. The van der Waals surface area contributed by atoms with Crippen LogP contribution < -0.4 is 14.8 Å². The zero-order valence-electron chi connectivity index (χ0n) is 12.0. The van der Waals surface area contributed by atoms with Gasteiger partial charge in [0.2, 0.25) is 0 Å². The number of carbonyl (C=O) groups excluding carboxylic acids is 1. The SMILES string of the molecule is COc1cc(NC(=O)OCc2ccccc2)cc(OC)c1. The summed E-state index contributed by atoms with van der Waals surface area (Å²) in [6.45, 7) is 0.216. The summed E-state index contributed by atoms with van der Waals surface area (Å²) in [4.78, 5) is 11.8. The number of ether oxygens (including phenoxy) is 3. The van der Waals surface area contributed by atoms with Gasteiger partial charge in [0.1, 0.15) is 18.1 Å². The number of nitrogens with one attached hydrogen (secondary N) is 1. The molecular formula is C16H17NO4. The first-order chi connectivity index (χ1) is 10.2. The van der Waals surface area contributed by atoms with Crippen LogP contribution in [0.1, 0.15) is 5.56 Å². The molecule has 1 amide bonds. The fraction of sp³-hybridized carbons (Fsp3) is 0.188. The minimum atomic E-state index is -0.533. The molecule has 0 aliphatic heterocycles. The average molecular weight is 287 g/mol. The molecule has 0 saturated heterocycles. The zero-order valence-corrected chi connectivity index (χ0v) is 12.0. The van der Waals surface area contributed by atoms with E-state index in [0.29, 0.717) is 17.2 Å². The van der Waals surface area contributed by atoms with Crippen LogP contribution in [0.2, 0.25) is 0 Å². The quantitative estimate of drug-likeness (QED) is 0.915. The van der Waals surface area contributed by atoms with E-state index in [-0.39, 0.29) is 6.61 Å². The second-order valence-corrected chi connectivity index (χ2v) is 4.29. The van der Waals surface area contributed by atoms with Gasteiger partial charge in [-0.3, -0.25) is 5.32 Å². The zero-order chi connectivity index (χ0) is 15.1. The van der Waals surface area contributed by atoms with Gasteiger partial charge in [-0.1, -0.05) is 30.3 Å². The Bertz CT molecular complexity index is 576. The van der Waals surface area contributed by atoms with Gasteiger partial charge in [0.15, 0.2) is 0 Å². The molecule has 0 saturated carbocycles. The van der Waals surface area contributed by atoms with Crippen LogP contribution in [0.25, 0.3) is 0 Å². The maximum absolute atomic E-state index is 11.8. The van der Waals surface area contributed by atoms with Crippen LogP contribution in [0.3, 0.4) is 0 Å². The van der Waals surface area contributed by atoms with E-state index in [2.05, 4.69) is 5.32 Å². The maximum atomic E-state index is 11.8. The van der Waals surface area contributed by atoms with Crippen LogP contribution in [0.5, 0.6) is 11.5 Å². The van der Waals surface area contributed by atoms with Crippen LogP contribution in [0.15, 0.2) is 48.5 Å². The average Bonchev–Trinajstić information content (AvgIpc) is 2.53. The van der Waals surface area contributed by atoms with Crippen molar-refractivity contribution in [2.75, 3.05) is 19.5 Å². The lowest BCUT2D eigenvalue weighted by Crippen LogP contribution is -2.13. The fourth-order valence-corrected chi connectivity index (χ4v) is 1.76. The van der Waals surface area contributed by atoms with Gasteiger partial charge in [-0.05, 0) is 5.56 Å². The van der Waals surface area contributed by atoms with E-state index in [4.69, 9.17) is 14.2 Å². The highest BCUT2D eigenvalue weighted by molar-refractivity contribution is 5.85. The highest BCUT2D eigenvalue weighted by Gasteiger charge is 2.07. The first-order valence-corrected chi connectivity index (χ1v) is 6.42. The van der Waals surface area contributed by atoms with Gasteiger partial charge >= 0.3 is 6.09 Å². The van der Waals surface area contributed by atoms with Crippen molar-refractivity contribution in [2.45, 2.75) is 6.61 Å². The Kier molecular flexibility index (Phi) is 5.04. The molecule has 0 radical (unpaired) electrons. The molecule has 0 heterocycles. The lowest BCUT2D eigenvalue weighted by Gasteiger charge is -2.10. The lowest BCUT2D eigenvalue weighted by atomic mass is 10.2. The summed E-state index contributed by atoms with van der Waals surface area (Å²) in [5.74, 6) is 1.18. The molecular weight excluding hydrogens is 270 g/mol. The number of hydrogen-bond acceptors (Lipinski definition) is 4. The third-order valence-electron chi connectivity index (χ3n) is 2.81. The van der Waals surface area contributed by atoms with Crippen molar-refractivity contribution in [3.63, 3.8) is 0 Å². The number of benzene rings is 2. The standard InChI is InChI=1S/C16H17NO4/c1-19-14-8-13(9-15(10-14)20-2)17-16(18)21-11-12-6-4-3-5-7-12/h3-10H,11H2,1-2H3,(H,17,18). The van der Waals surface area contributed by atoms with E-state index in [1.54, 1.807) is 32.4 Å². The second-order valence-electron chi connectivity index (χ2n) is 4.29. The number of anilines is 1. The van der Waals surface area contributed by atoms with E-state index >= 15 is 0 Å². The maximum Gasteiger partial charge on any atom is 0.411 e. The Morgan fingerprint density at radius 3 is 2.19 bits per heavy atom. The van der Waals surface area contributed by atoms with Gasteiger partial charge in [-0.2, -0.15) is 0 Å². The van der Waals surface area contributed by atoms with Crippen molar-refractivity contribution in [1.82, 2.24) is 0 Å². The van der Waals surface area contributed by atoms with Crippen molar-refractivity contribution >= 4 is 11.8 Å². The molecule has 0 aromatic heterocycles. The molecule has 0 spiro atoms. The molecule has 5 nitrogen and oxygen atoms in total. The molecule has 0 aliphatic carbocycles. The highest BCUT2D eigenvalue weighted by Crippen LogP contribution is 2.25. The van der Waals surface area contributed by atoms with Gasteiger partial charge in [-0.25, -0.2) is 4.79 Å². The topological polar surface area (TPSA) is 56.8 Å². The summed E-state index contributed by atoms with van der Waals surface area (Å²) in [5, 5.41) is 2.64. The Morgan fingerprint density at radius 1 is 1.00 bits per heavy atom. The third-order valence-corrected chi connectivity index (χ3v) is 2.81. The normalized spacial score (nSPS) is 9.81. The van der Waals surface area contributed by atoms with Crippen molar-refractivity contribution in [3.05, 3.63) is 54.1 Å². The minimum absolute atomic E-state index is 0.216. The molecule has 2 aromatic rings. The van der Waals surface area contributed by atoms with Crippen LogP contribution in [0, 0.1) is 0 Å². The van der Waals surface area contributed by atoms with E-state index < -0.39 is 6.09 Å². The van der Waals surface area contributed by atoms with Crippen molar-refractivity contribution in [3.8, 4) is 11.5 Å². The molecule has 5 heteroatoms. The van der Waals surface area contributed by atoms with Gasteiger partial charge < -0.3 is 14.2 Å². The summed E-state index contributed by atoms with van der Waals surface area (Å²) in [5.41, 5.74) is 1.47. The van der Waals surface area contributed by atoms with E-state index in [0.717, 1.165) is 5.56 Å². The molecule has 0 bridgehead atoms. The van der Waals surface area contributed by atoms with E-state index in [1.807, 2.05) is 30.3 Å². The molecule has 2 rings (SSSR count). The first-order valence-electron chi connectivity index (χ1n) is 6.42. The van der Waals surface area contributed by atoms with Crippen LogP contribution in [-0.4, -0.2) is 20.3 Å². The molecule has 1 N–H and O–H groups in total. The Balaban J connectivity index is 1.96. The predicted octanol–water partition coefficient (Wildman–Crippen LogP) is 3.45. The minimum Gasteiger partial charge on any atom is -0.497 e. The summed E-state index contributed by atoms with van der Waals surface area (Å²) < 4.78 is 15.4. The molecule has 0 unspecified atom stereocenters. The number of hydrogen-bond donors (Lipinski definition) is 1. The monoisotopic (exact) mass is 287 g/mol. The number of carbonyl (C=O) groups is 1. The van der Waals surface area contributed by atoms with Crippen molar-refractivity contribution in [1.29, 1.82) is 0 Å². The van der Waals surface area contributed by atoms with Crippen LogP contribution >= 0.6 is 0 Å². The Hall–Kier alpha value is -2.69. The van der Waals surface area contributed by atoms with E-state index in [9.17, 15) is 4.79 Å².